The van der Waals surface area contributed by atoms with E-state index in [1.54, 1.807) is 37.3 Å². The number of aryl methyl sites for hydroxylation is 2. The number of benzene rings is 2. The molecule has 0 heterocycles. The molecule has 0 fully saturated rings. The molecule has 1 amide bonds. The normalized spacial score (nSPS) is 12.2. The average Bonchev–Trinajstić information content (AvgIpc) is 2.66. The van der Waals surface area contributed by atoms with E-state index in [2.05, 4.69) is 10.1 Å². The first-order chi connectivity index (χ1) is 13.6. The highest BCUT2D eigenvalue weighted by Crippen LogP contribution is 2.26. The van der Waals surface area contributed by atoms with Crippen LogP contribution >= 0.6 is 0 Å². The van der Waals surface area contributed by atoms with Crippen LogP contribution in [0.1, 0.15) is 34.8 Å². The van der Waals surface area contributed by atoms with E-state index in [-0.39, 0.29) is 12.0 Å². The largest absolute Gasteiger partial charge is 0.465 e. The van der Waals surface area contributed by atoms with E-state index >= 15 is 0 Å². The fraction of sp³-hybridized carbons (Fsp3) is 0.333. The van der Waals surface area contributed by atoms with Crippen LogP contribution < -0.4 is 9.62 Å². The number of nitrogens with zero attached hydrogens (tertiary/aromatic N) is 1. The number of hydrogen-bond acceptors (Lipinski definition) is 5. The van der Waals surface area contributed by atoms with Crippen LogP contribution in [0.2, 0.25) is 0 Å². The summed E-state index contributed by atoms with van der Waals surface area (Å²) in [6.07, 6.45) is 1.35. The molecule has 7 nitrogen and oxygen atoms in total. The zero-order valence-corrected chi connectivity index (χ0v) is 18.0. The Morgan fingerprint density at radius 2 is 1.79 bits per heavy atom. The standard InChI is InChI=1S/C21H26N2O5S/c1-6-19(20(24)22-17-9-7-8-16(13-17)21(25)28-4)23(29(5,26)27)18-11-10-14(2)15(3)12-18/h7-13,19H,6H2,1-5H3,(H,22,24)/t19-/m1/s1. The molecule has 29 heavy (non-hydrogen) atoms. The Morgan fingerprint density at radius 3 is 2.34 bits per heavy atom. The lowest BCUT2D eigenvalue weighted by molar-refractivity contribution is -0.117. The first-order valence-electron chi connectivity index (χ1n) is 9.14. The summed E-state index contributed by atoms with van der Waals surface area (Å²) in [6.45, 7) is 5.56. The van der Waals surface area contributed by atoms with Gasteiger partial charge in [-0.15, -0.1) is 0 Å². The maximum atomic E-state index is 13.0. The minimum atomic E-state index is -3.72. The number of esters is 1. The van der Waals surface area contributed by atoms with Crippen molar-refractivity contribution in [3.8, 4) is 0 Å². The molecule has 0 aliphatic heterocycles. The summed E-state index contributed by atoms with van der Waals surface area (Å²) < 4.78 is 30.9. The predicted molar refractivity (Wildman–Crippen MR) is 114 cm³/mol. The number of nitrogens with one attached hydrogen (secondary N) is 1. The molecular weight excluding hydrogens is 392 g/mol. The Morgan fingerprint density at radius 1 is 1.10 bits per heavy atom. The van der Waals surface area contributed by atoms with Crippen LogP contribution in [0.4, 0.5) is 11.4 Å². The number of ether oxygens (including phenoxy) is 1. The highest BCUT2D eigenvalue weighted by molar-refractivity contribution is 7.92. The Bertz CT molecular complexity index is 1020. The molecule has 0 saturated carbocycles. The molecule has 156 valence electrons. The molecule has 0 aliphatic carbocycles. The summed E-state index contributed by atoms with van der Waals surface area (Å²) in [4.78, 5) is 24.7. The molecule has 1 atom stereocenters. The minimum absolute atomic E-state index is 0.266. The molecule has 0 spiro atoms. The van der Waals surface area contributed by atoms with Crippen molar-refractivity contribution in [2.24, 2.45) is 0 Å². The van der Waals surface area contributed by atoms with Gasteiger partial charge in [0.2, 0.25) is 15.9 Å². The number of sulfonamides is 1. The topological polar surface area (TPSA) is 92.8 Å². The second-order valence-corrected chi connectivity index (χ2v) is 8.67. The average molecular weight is 419 g/mol. The van der Waals surface area contributed by atoms with Crippen molar-refractivity contribution < 1.29 is 22.7 Å². The molecule has 0 unspecified atom stereocenters. The van der Waals surface area contributed by atoms with Gasteiger partial charge in [-0.05, 0) is 61.7 Å². The third-order valence-corrected chi connectivity index (χ3v) is 5.81. The Kier molecular flexibility index (Phi) is 7.02. The van der Waals surface area contributed by atoms with E-state index < -0.39 is 27.9 Å². The van der Waals surface area contributed by atoms with Crippen LogP contribution in [0.25, 0.3) is 0 Å². The number of carbonyl (C=O) groups excluding carboxylic acids is 2. The molecular formula is C21H26N2O5S. The van der Waals surface area contributed by atoms with Crippen LogP contribution in [0, 0.1) is 13.8 Å². The zero-order valence-electron chi connectivity index (χ0n) is 17.2. The second-order valence-electron chi connectivity index (χ2n) is 6.81. The molecule has 2 aromatic carbocycles. The number of carbonyl (C=O) groups is 2. The fourth-order valence-electron chi connectivity index (χ4n) is 2.99. The van der Waals surface area contributed by atoms with E-state index in [1.165, 1.54) is 13.2 Å². The Balaban J connectivity index is 2.38. The van der Waals surface area contributed by atoms with Crippen LogP contribution in [-0.2, 0) is 19.6 Å². The van der Waals surface area contributed by atoms with Crippen LogP contribution in [0.5, 0.6) is 0 Å². The Hall–Kier alpha value is -2.87. The van der Waals surface area contributed by atoms with Gasteiger partial charge in [0.1, 0.15) is 6.04 Å². The van der Waals surface area contributed by atoms with E-state index in [0.29, 0.717) is 11.4 Å². The number of anilines is 2. The van der Waals surface area contributed by atoms with Crippen LogP contribution in [0.3, 0.4) is 0 Å². The fourth-order valence-corrected chi connectivity index (χ4v) is 4.19. The van der Waals surface area contributed by atoms with Gasteiger partial charge in [-0.3, -0.25) is 9.10 Å². The van der Waals surface area contributed by atoms with Gasteiger partial charge in [-0.25, -0.2) is 13.2 Å². The quantitative estimate of drug-likeness (QED) is 0.697. The van der Waals surface area contributed by atoms with Gasteiger partial charge in [0.05, 0.1) is 24.6 Å². The minimum Gasteiger partial charge on any atom is -0.465 e. The van der Waals surface area contributed by atoms with Crippen molar-refractivity contribution in [3.63, 3.8) is 0 Å². The van der Waals surface area contributed by atoms with E-state index in [4.69, 9.17) is 0 Å². The van der Waals surface area contributed by atoms with Gasteiger partial charge in [-0.2, -0.15) is 0 Å². The van der Waals surface area contributed by atoms with Crippen molar-refractivity contribution in [1.29, 1.82) is 0 Å². The molecule has 0 aromatic heterocycles. The smallest absolute Gasteiger partial charge is 0.337 e. The SMILES string of the molecule is CC[C@H](C(=O)Nc1cccc(C(=O)OC)c1)N(c1ccc(C)c(C)c1)S(C)(=O)=O. The first kappa shape index (κ1) is 22.4. The summed E-state index contributed by atoms with van der Waals surface area (Å²) in [7, 11) is -2.45. The molecule has 0 bridgehead atoms. The summed E-state index contributed by atoms with van der Waals surface area (Å²) >= 11 is 0. The predicted octanol–water partition coefficient (Wildman–Crippen LogP) is 3.27. The Labute approximate surface area is 171 Å². The molecule has 0 saturated heterocycles. The van der Waals surface area contributed by atoms with E-state index in [1.807, 2.05) is 19.9 Å². The lowest BCUT2D eigenvalue weighted by Gasteiger charge is -2.30. The van der Waals surface area contributed by atoms with Gasteiger partial charge >= 0.3 is 5.97 Å². The third-order valence-electron chi connectivity index (χ3n) is 4.63. The molecule has 0 aliphatic rings. The van der Waals surface area contributed by atoms with Crippen LogP contribution in [0.15, 0.2) is 42.5 Å². The van der Waals surface area contributed by atoms with E-state index in [0.717, 1.165) is 21.7 Å². The van der Waals surface area contributed by atoms with Crippen molar-refractivity contribution >= 4 is 33.3 Å². The number of hydrogen-bond donors (Lipinski definition) is 1. The van der Waals surface area contributed by atoms with E-state index in [9.17, 15) is 18.0 Å². The molecule has 0 radical (unpaired) electrons. The number of rotatable bonds is 7. The first-order valence-corrected chi connectivity index (χ1v) is 11.0. The van der Waals surface area contributed by atoms with Gasteiger partial charge in [0.15, 0.2) is 0 Å². The lowest BCUT2D eigenvalue weighted by Crippen LogP contribution is -2.47. The van der Waals surface area contributed by atoms with Crippen LogP contribution in [-0.4, -0.2) is 39.7 Å². The number of methoxy groups -OCH3 is 1. The van der Waals surface area contributed by atoms with Crippen molar-refractivity contribution in [2.75, 3.05) is 23.0 Å². The summed E-state index contributed by atoms with van der Waals surface area (Å²) in [5.74, 6) is -1.01. The zero-order chi connectivity index (χ0) is 21.8. The van der Waals surface area contributed by atoms with Crippen molar-refractivity contribution in [3.05, 3.63) is 59.2 Å². The summed E-state index contributed by atoms with van der Waals surface area (Å²) in [5, 5.41) is 2.71. The molecule has 8 heteroatoms. The molecule has 2 rings (SSSR count). The molecule has 1 N–H and O–H groups in total. The van der Waals surface area contributed by atoms with Gasteiger partial charge in [-0.1, -0.05) is 19.1 Å². The number of amides is 1. The highest BCUT2D eigenvalue weighted by atomic mass is 32.2. The second kappa shape index (κ2) is 9.09. The molecule has 2 aromatic rings. The highest BCUT2D eigenvalue weighted by Gasteiger charge is 2.31. The summed E-state index contributed by atoms with van der Waals surface area (Å²) in [6, 6.07) is 10.6. The maximum Gasteiger partial charge on any atom is 0.337 e. The van der Waals surface area contributed by atoms with Crippen molar-refractivity contribution in [2.45, 2.75) is 33.2 Å². The third kappa shape index (κ3) is 5.35. The lowest BCUT2D eigenvalue weighted by atomic mass is 10.1. The van der Waals surface area contributed by atoms with Crippen molar-refractivity contribution in [1.82, 2.24) is 0 Å². The maximum absolute atomic E-state index is 13.0. The summed E-state index contributed by atoms with van der Waals surface area (Å²) in [5.41, 5.74) is 3.05. The monoisotopic (exact) mass is 418 g/mol. The van der Waals surface area contributed by atoms with Gasteiger partial charge < -0.3 is 10.1 Å². The van der Waals surface area contributed by atoms with Gasteiger partial charge in [0, 0.05) is 5.69 Å². The van der Waals surface area contributed by atoms with Gasteiger partial charge in [0.25, 0.3) is 0 Å².